The number of amides is 1. The van der Waals surface area contributed by atoms with Crippen molar-refractivity contribution in [1.29, 1.82) is 0 Å². The minimum Gasteiger partial charge on any atom is -0.353 e. The molecule has 4 rings (SSSR count). The van der Waals surface area contributed by atoms with Gasteiger partial charge in [0, 0.05) is 49.7 Å². The number of carbonyl (C=O) groups excluding carboxylic acids is 1. The first-order valence-electron chi connectivity index (χ1n) is 10.0. The van der Waals surface area contributed by atoms with Crippen LogP contribution in [0.2, 0.25) is 5.02 Å². The third-order valence-electron chi connectivity index (χ3n) is 5.70. The van der Waals surface area contributed by atoms with Gasteiger partial charge in [-0.15, -0.1) is 0 Å². The normalized spacial score (nSPS) is 20.6. The molecule has 7 heteroatoms. The third kappa shape index (κ3) is 3.95. The van der Waals surface area contributed by atoms with Crippen LogP contribution in [0.25, 0.3) is 10.9 Å². The smallest absolute Gasteiger partial charge is 0.230 e. The summed E-state index contributed by atoms with van der Waals surface area (Å²) in [4.78, 5) is 23.9. The fourth-order valence-corrected chi connectivity index (χ4v) is 4.35. The van der Waals surface area contributed by atoms with Crippen molar-refractivity contribution in [3.05, 3.63) is 29.3 Å². The Bertz CT molecular complexity index is 865. The van der Waals surface area contributed by atoms with Gasteiger partial charge in [0.1, 0.15) is 5.82 Å². The number of nitrogens with one attached hydrogen (secondary N) is 1. The summed E-state index contributed by atoms with van der Waals surface area (Å²) in [6, 6.07) is 8.04. The maximum Gasteiger partial charge on any atom is 0.230 e. The molecule has 0 saturated carbocycles. The van der Waals surface area contributed by atoms with Gasteiger partial charge in [0.2, 0.25) is 5.91 Å². The summed E-state index contributed by atoms with van der Waals surface area (Å²) < 4.78 is 0. The van der Waals surface area contributed by atoms with Crippen LogP contribution in [-0.2, 0) is 4.79 Å². The number of rotatable bonds is 5. The third-order valence-corrected chi connectivity index (χ3v) is 5.98. The van der Waals surface area contributed by atoms with E-state index in [2.05, 4.69) is 15.1 Å². The Morgan fingerprint density at radius 1 is 1.21 bits per heavy atom. The van der Waals surface area contributed by atoms with Gasteiger partial charge in [0.25, 0.3) is 0 Å². The SMILES string of the molecule is CN(C)CCC1CCN(c2ccc3nc(N4CCNCC4)c(Cl)cc3c2)C1=O. The summed E-state index contributed by atoms with van der Waals surface area (Å²) in [7, 11) is 4.10. The lowest BCUT2D eigenvalue weighted by atomic mass is 10.0. The Balaban J connectivity index is 1.56. The Morgan fingerprint density at radius 2 is 2.00 bits per heavy atom. The summed E-state index contributed by atoms with van der Waals surface area (Å²) in [5.41, 5.74) is 1.86. The number of nitrogens with zero attached hydrogens (tertiary/aromatic N) is 4. The molecule has 2 aromatic rings. The number of benzene rings is 1. The molecule has 0 radical (unpaired) electrons. The molecule has 150 valence electrons. The van der Waals surface area contributed by atoms with Crippen molar-refractivity contribution in [1.82, 2.24) is 15.2 Å². The van der Waals surface area contributed by atoms with Crippen molar-refractivity contribution in [3.8, 4) is 0 Å². The van der Waals surface area contributed by atoms with E-state index in [9.17, 15) is 4.79 Å². The minimum absolute atomic E-state index is 0.120. The molecule has 0 bridgehead atoms. The lowest BCUT2D eigenvalue weighted by molar-refractivity contribution is -0.120. The van der Waals surface area contributed by atoms with Gasteiger partial charge in [-0.3, -0.25) is 4.79 Å². The molecule has 28 heavy (non-hydrogen) atoms. The second kappa shape index (κ2) is 8.23. The van der Waals surface area contributed by atoms with Crippen LogP contribution in [0.1, 0.15) is 12.8 Å². The fraction of sp³-hybridized carbons (Fsp3) is 0.524. The molecule has 1 aromatic heterocycles. The maximum atomic E-state index is 12.8. The Morgan fingerprint density at radius 3 is 2.75 bits per heavy atom. The topological polar surface area (TPSA) is 51.7 Å². The summed E-state index contributed by atoms with van der Waals surface area (Å²) in [6.45, 7) is 5.43. The van der Waals surface area contributed by atoms with Gasteiger partial charge < -0.3 is 20.0 Å². The molecule has 1 amide bonds. The molecule has 1 aromatic carbocycles. The molecule has 3 heterocycles. The summed E-state index contributed by atoms with van der Waals surface area (Å²) in [5, 5.41) is 5.00. The zero-order valence-electron chi connectivity index (χ0n) is 16.6. The molecular formula is C21H28ClN5O. The predicted octanol–water partition coefficient (Wildman–Crippen LogP) is 2.60. The number of piperazine rings is 1. The largest absolute Gasteiger partial charge is 0.353 e. The Labute approximate surface area is 171 Å². The Hall–Kier alpha value is -1.89. The van der Waals surface area contributed by atoms with Gasteiger partial charge in [-0.25, -0.2) is 4.98 Å². The number of carbonyl (C=O) groups is 1. The second-order valence-electron chi connectivity index (χ2n) is 7.98. The van der Waals surface area contributed by atoms with Crippen LogP contribution in [0.3, 0.4) is 0 Å². The highest BCUT2D eigenvalue weighted by Gasteiger charge is 2.32. The van der Waals surface area contributed by atoms with Crippen molar-refractivity contribution in [3.63, 3.8) is 0 Å². The van der Waals surface area contributed by atoms with E-state index in [4.69, 9.17) is 16.6 Å². The predicted molar refractivity (Wildman–Crippen MR) is 115 cm³/mol. The maximum absolute atomic E-state index is 12.8. The molecule has 2 fully saturated rings. The zero-order valence-corrected chi connectivity index (χ0v) is 17.4. The van der Waals surface area contributed by atoms with E-state index in [0.717, 1.165) is 74.5 Å². The molecule has 1 N–H and O–H groups in total. The van der Waals surface area contributed by atoms with E-state index in [1.807, 2.05) is 43.3 Å². The van der Waals surface area contributed by atoms with Crippen molar-refractivity contribution >= 4 is 39.9 Å². The van der Waals surface area contributed by atoms with E-state index >= 15 is 0 Å². The Kier molecular flexibility index (Phi) is 5.71. The minimum atomic E-state index is 0.120. The molecule has 1 atom stereocenters. The van der Waals surface area contributed by atoms with Gasteiger partial charge >= 0.3 is 0 Å². The van der Waals surface area contributed by atoms with Crippen LogP contribution in [-0.4, -0.2) is 69.2 Å². The van der Waals surface area contributed by atoms with Crippen molar-refractivity contribution in [2.45, 2.75) is 12.8 Å². The first-order valence-corrected chi connectivity index (χ1v) is 10.4. The van der Waals surface area contributed by atoms with E-state index in [0.29, 0.717) is 5.02 Å². The van der Waals surface area contributed by atoms with Crippen LogP contribution in [0.5, 0.6) is 0 Å². The lowest BCUT2D eigenvalue weighted by Crippen LogP contribution is -2.44. The molecule has 2 aliphatic heterocycles. The highest BCUT2D eigenvalue weighted by atomic mass is 35.5. The summed E-state index contributed by atoms with van der Waals surface area (Å²) in [5.74, 6) is 1.21. The zero-order chi connectivity index (χ0) is 19.7. The van der Waals surface area contributed by atoms with Crippen LogP contribution in [0.15, 0.2) is 24.3 Å². The highest BCUT2D eigenvalue weighted by Crippen LogP contribution is 2.33. The highest BCUT2D eigenvalue weighted by molar-refractivity contribution is 6.33. The fourth-order valence-electron chi connectivity index (χ4n) is 4.07. The second-order valence-corrected chi connectivity index (χ2v) is 8.38. The lowest BCUT2D eigenvalue weighted by Gasteiger charge is -2.29. The molecule has 2 aliphatic rings. The first kappa shape index (κ1) is 19.4. The van der Waals surface area contributed by atoms with Crippen LogP contribution < -0.4 is 15.1 Å². The van der Waals surface area contributed by atoms with E-state index in [1.165, 1.54) is 0 Å². The van der Waals surface area contributed by atoms with Crippen LogP contribution in [0.4, 0.5) is 11.5 Å². The van der Waals surface area contributed by atoms with E-state index in [-0.39, 0.29) is 11.8 Å². The average Bonchev–Trinajstić information content (AvgIpc) is 3.06. The molecule has 0 spiro atoms. The van der Waals surface area contributed by atoms with Crippen molar-refractivity contribution in [2.75, 3.05) is 63.2 Å². The van der Waals surface area contributed by atoms with Crippen LogP contribution in [0, 0.1) is 5.92 Å². The van der Waals surface area contributed by atoms with Gasteiger partial charge in [-0.05, 0) is 57.7 Å². The molecular weight excluding hydrogens is 374 g/mol. The van der Waals surface area contributed by atoms with Gasteiger partial charge in [-0.1, -0.05) is 11.6 Å². The quantitative estimate of drug-likeness (QED) is 0.834. The van der Waals surface area contributed by atoms with Crippen molar-refractivity contribution < 1.29 is 4.79 Å². The van der Waals surface area contributed by atoms with E-state index < -0.39 is 0 Å². The average molecular weight is 402 g/mol. The number of halogens is 1. The molecule has 6 nitrogen and oxygen atoms in total. The first-order chi connectivity index (χ1) is 13.5. The number of fused-ring (bicyclic) bond motifs is 1. The monoisotopic (exact) mass is 401 g/mol. The van der Waals surface area contributed by atoms with Gasteiger partial charge in [0.15, 0.2) is 0 Å². The number of hydrogen-bond donors (Lipinski definition) is 1. The molecule has 2 saturated heterocycles. The number of aromatic nitrogens is 1. The van der Waals surface area contributed by atoms with E-state index in [1.54, 1.807) is 0 Å². The van der Waals surface area contributed by atoms with Gasteiger partial charge in [-0.2, -0.15) is 0 Å². The van der Waals surface area contributed by atoms with Crippen LogP contribution >= 0.6 is 11.6 Å². The summed E-state index contributed by atoms with van der Waals surface area (Å²) in [6.07, 6.45) is 1.84. The number of anilines is 2. The number of pyridine rings is 1. The standard InChI is InChI=1S/C21H28ClN5O/c1-25(2)9-5-15-6-10-27(21(15)28)17-3-4-19-16(13-17)14-18(22)20(24-19)26-11-7-23-8-12-26/h3-4,13-15,23H,5-12H2,1-2H3. The molecule has 0 aliphatic carbocycles. The van der Waals surface area contributed by atoms with Gasteiger partial charge in [0.05, 0.1) is 10.5 Å². The van der Waals surface area contributed by atoms with Crippen molar-refractivity contribution in [2.24, 2.45) is 5.92 Å². The summed E-state index contributed by atoms with van der Waals surface area (Å²) >= 11 is 6.56. The molecule has 1 unspecified atom stereocenters. The number of hydrogen-bond acceptors (Lipinski definition) is 5.